The highest BCUT2D eigenvalue weighted by atomic mass is 32.2. The summed E-state index contributed by atoms with van der Waals surface area (Å²) in [5.41, 5.74) is 1.06. The molecule has 0 spiro atoms. The number of ether oxygens (including phenoxy) is 3. The zero-order valence-corrected chi connectivity index (χ0v) is 26.7. The van der Waals surface area contributed by atoms with E-state index in [9.17, 15) is 14.4 Å². The maximum absolute atomic E-state index is 13.5. The summed E-state index contributed by atoms with van der Waals surface area (Å²) in [6.45, 7) is 16.0. The lowest BCUT2D eigenvalue weighted by atomic mass is 10.1. The Morgan fingerprint density at radius 1 is 1.05 bits per heavy atom. The molecule has 1 N–H and O–H groups in total. The van der Waals surface area contributed by atoms with E-state index >= 15 is 0 Å². The van der Waals surface area contributed by atoms with Crippen LogP contribution in [0.1, 0.15) is 52.7 Å². The highest BCUT2D eigenvalue weighted by molar-refractivity contribution is 8.00. The molecule has 1 aromatic heterocycles. The molecule has 0 bridgehead atoms. The minimum absolute atomic E-state index is 0.0378. The SMILES string of the molecule is COc1ccc(COC(=O)[C@@H]2[C@@H](SCc3ccnc(NC(=O)OC(C)(C)C)c3)C(=O)N2[Si](C)(C)C(C)(C)C)cc1. The Kier molecular flexibility index (Phi) is 9.61. The Hall–Kier alpha value is -3.05. The third-order valence-electron chi connectivity index (χ3n) is 7.15. The van der Waals surface area contributed by atoms with Crippen LogP contribution in [0.5, 0.6) is 5.75 Å². The van der Waals surface area contributed by atoms with Crippen LogP contribution < -0.4 is 10.1 Å². The predicted octanol–water partition coefficient (Wildman–Crippen LogP) is 6.00. The third kappa shape index (κ3) is 7.57. The Morgan fingerprint density at radius 3 is 2.27 bits per heavy atom. The van der Waals surface area contributed by atoms with E-state index in [1.54, 1.807) is 40.1 Å². The Labute approximate surface area is 242 Å². The van der Waals surface area contributed by atoms with Gasteiger partial charge in [-0.25, -0.2) is 14.6 Å². The molecule has 2 heterocycles. The standard InChI is InChI=1S/C29H41N3O6SSi/c1-28(2,3)38-27(35)31-22-16-20(14-15-30-22)18-39-24-23(32(25(24)33)40(8,9)29(4,5)6)26(34)37-17-19-10-12-21(36-7)13-11-19/h10-16,23-24H,17-18H2,1-9H3,(H,30,31,35)/t23-,24+/m0/s1. The van der Waals surface area contributed by atoms with Crippen LogP contribution >= 0.6 is 11.8 Å². The highest BCUT2D eigenvalue weighted by Crippen LogP contribution is 2.46. The molecule has 218 valence electrons. The molecule has 9 nitrogen and oxygen atoms in total. The van der Waals surface area contributed by atoms with Crippen LogP contribution in [0.4, 0.5) is 10.6 Å². The van der Waals surface area contributed by atoms with Gasteiger partial charge in [-0.15, -0.1) is 11.8 Å². The van der Waals surface area contributed by atoms with E-state index < -0.39 is 37.2 Å². The lowest BCUT2D eigenvalue weighted by molar-refractivity contribution is -0.161. The third-order valence-corrected chi connectivity index (χ3v) is 13.8. The molecule has 0 aliphatic carbocycles. The molecule has 11 heteroatoms. The van der Waals surface area contributed by atoms with Crippen molar-refractivity contribution in [2.45, 2.75) is 88.9 Å². The van der Waals surface area contributed by atoms with Gasteiger partial charge < -0.3 is 18.8 Å². The summed E-state index contributed by atoms with van der Waals surface area (Å²) >= 11 is 1.40. The smallest absolute Gasteiger partial charge is 0.413 e. The van der Waals surface area contributed by atoms with Gasteiger partial charge in [0.15, 0.2) is 8.24 Å². The van der Waals surface area contributed by atoms with Crippen molar-refractivity contribution in [2.75, 3.05) is 12.4 Å². The van der Waals surface area contributed by atoms with Crippen LogP contribution in [0.2, 0.25) is 18.1 Å². The van der Waals surface area contributed by atoms with Crippen LogP contribution in [0.3, 0.4) is 0 Å². The van der Waals surface area contributed by atoms with Crippen LogP contribution in [-0.2, 0) is 31.4 Å². The number of aromatic nitrogens is 1. The normalized spacial score (nSPS) is 17.6. The van der Waals surface area contributed by atoms with Gasteiger partial charge in [-0.05, 0) is 61.2 Å². The van der Waals surface area contributed by atoms with Gasteiger partial charge in [0, 0.05) is 11.9 Å². The van der Waals surface area contributed by atoms with Crippen LogP contribution in [0, 0.1) is 0 Å². The molecule has 1 aliphatic heterocycles. The number of rotatable bonds is 9. The monoisotopic (exact) mass is 587 g/mol. The number of nitrogens with one attached hydrogen (secondary N) is 1. The Bertz CT molecular complexity index is 1220. The lowest BCUT2D eigenvalue weighted by Gasteiger charge is -2.56. The maximum Gasteiger partial charge on any atom is 0.413 e. The van der Waals surface area contributed by atoms with Crippen LogP contribution in [0.15, 0.2) is 42.6 Å². The summed E-state index contributed by atoms with van der Waals surface area (Å²) in [6, 6.07) is 10.2. The first-order valence-corrected chi connectivity index (χ1v) is 17.2. The average molecular weight is 588 g/mol. The second-order valence-corrected chi connectivity index (χ2v) is 18.6. The van der Waals surface area contributed by atoms with Crippen molar-refractivity contribution in [3.8, 4) is 5.75 Å². The van der Waals surface area contributed by atoms with E-state index in [0.717, 1.165) is 16.9 Å². The van der Waals surface area contributed by atoms with Crippen molar-refractivity contribution in [3.05, 3.63) is 53.7 Å². The second-order valence-electron chi connectivity index (χ2n) is 12.3. The first-order valence-electron chi connectivity index (χ1n) is 13.2. The van der Waals surface area contributed by atoms with Crippen molar-refractivity contribution in [2.24, 2.45) is 0 Å². The molecule has 1 fully saturated rings. The first kappa shape index (κ1) is 31.5. The number of anilines is 1. The molecular weight excluding hydrogens is 546 g/mol. The number of hydrogen-bond donors (Lipinski definition) is 1. The van der Waals surface area contributed by atoms with E-state index in [1.165, 1.54) is 11.8 Å². The molecule has 2 aromatic rings. The number of esters is 1. The van der Waals surface area contributed by atoms with Gasteiger partial charge in [-0.3, -0.25) is 10.1 Å². The maximum atomic E-state index is 13.5. The van der Waals surface area contributed by atoms with Crippen molar-refractivity contribution in [1.82, 2.24) is 9.55 Å². The molecule has 3 rings (SSSR count). The summed E-state index contributed by atoms with van der Waals surface area (Å²) in [5, 5.41) is 1.94. The summed E-state index contributed by atoms with van der Waals surface area (Å²) in [6.07, 6.45) is 0.997. The topological polar surface area (TPSA) is 107 Å². The number of methoxy groups -OCH3 is 1. The minimum Gasteiger partial charge on any atom is -0.497 e. The number of carbonyl (C=O) groups excluding carboxylic acids is 3. The van der Waals surface area contributed by atoms with E-state index in [2.05, 4.69) is 44.2 Å². The lowest BCUT2D eigenvalue weighted by Crippen LogP contribution is -2.76. The first-order chi connectivity index (χ1) is 18.5. The molecule has 1 aliphatic rings. The molecule has 1 saturated heterocycles. The van der Waals surface area contributed by atoms with Crippen LogP contribution in [-0.4, -0.2) is 59.8 Å². The van der Waals surface area contributed by atoms with Crippen molar-refractivity contribution < 1.29 is 28.6 Å². The molecule has 40 heavy (non-hydrogen) atoms. The Balaban J connectivity index is 1.73. The van der Waals surface area contributed by atoms with E-state index in [4.69, 9.17) is 14.2 Å². The molecule has 2 atom stereocenters. The summed E-state index contributed by atoms with van der Waals surface area (Å²) < 4.78 is 18.0. The zero-order valence-electron chi connectivity index (χ0n) is 24.9. The second kappa shape index (κ2) is 12.2. The number of amides is 2. The van der Waals surface area contributed by atoms with Crippen molar-refractivity contribution >= 4 is 43.8 Å². The Morgan fingerprint density at radius 2 is 1.70 bits per heavy atom. The van der Waals surface area contributed by atoms with Crippen LogP contribution in [0.25, 0.3) is 0 Å². The number of benzene rings is 1. The fraction of sp³-hybridized carbons (Fsp3) is 0.517. The largest absolute Gasteiger partial charge is 0.497 e. The van der Waals surface area contributed by atoms with Crippen molar-refractivity contribution in [1.29, 1.82) is 0 Å². The van der Waals surface area contributed by atoms with E-state index in [0.29, 0.717) is 11.6 Å². The van der Waals surface area contributed by atoms with Gasteiger partial charge in [0.05, 0.1) is 7.11 Å². The van der Waals surface area contributed by atoms with Gasteiger partial charge in [0.25, 0.3) is 0 Å². The molecular formula is C29H41N3O6SSi. The van der Waals surface area contributed by atoms with Gasteiger partial charge in [0.2, 0.25) is 5.91 Å². The highest BCUT2D eigenvalue weighted by Gasteiger charge is 2.60. The average Bonchev–Trinajstić information content (AvgIpc) is 2.84. The molecule has 0 unspecified atom stereocenters. The fourth-order valence-corrected chi connectivity index (χ4v) is 7.81. The number of pyridine rings is 1. The van der Waals surface area contributed by atoms with Gasteiger partial charge in [-0.2, -0.15) is 0 Å². The quantitative estimate of drug-likeness (QED) is 0.216. The number of thioether (sulfide) groups is 1. The van der Waals surface area contributed by atoms with Gasteiger partial charge >= 0.3 is 12.1 Å². The van der Waals surface area contributed by atoms with Gasteiger partial charge in [0.1, 0.15) is 35.1 Å². The minimum atomic E-state index is -2.35. The van der Waals surface area contributed by atoms with Gasteiger partial charge in [-0.1, -0.05) is 46.0 Å². The van der Waals surface area contributed by atoms with E-state index in [1.807, 2.05) is 34.9 Å². The van der Waals surface area contributed by atoms with E-state index in [-0.39, 0.29) is 17.6 Å². The molecule has 0 saturated carbocycles. The molecule has 2 amide bonds. The zero-order chi connectivity index (χ0) is 29.9. The summed E-state index contributed by atoms with van der Waals surface area (Å²) in [4.78, 5) is 43.3. The molecule has 1 aromatic carbocycles. The number of hydrogen-bond acceptors (Lipinski definition) is 8. The molecule has 0 radical (unpaired) electrons. The summed E-state index contributed by atoms with van der Waals surface area (Å²) in [7, 11) is -0.749. The number of carbonyl (C=O) groups is 3. The summed E-state index contributed by atoms with van der Waals surface area (Å²) in [5.74, 6) is 1.09. The number of β-lactam (4-membered cyclic amide) rings is 1. The predicted molar refractivity (Wildman–Crippen MR) is 160 cm³/mol. The fourth-order valence-electron chi connectivity index (χ4n) is 4.03. The van der Waals surface area contributed by atoms with Crippen molar-refractivity contribution in [3.63, 3.8) is 0 Å². The number of nitrogens with zero attached hydrogens (tertiary/aromatic N) is 2.